The van der Waals surface area contributed by atoms with E-state index in [1.165, 1.54) is 0 Å². The molecule has 2 nitrogen and oxygen atoms in total. The van der Waals surface area contributed by atoms with Crippen molar-refractivity contribution in [3.05, 3.63) is 35.4 Å². The molecule has 2 saturated heterocycles. The van der Waals surface area contributed by atoms with Gasteiger partial charge in [-0.3, -0.25) is 0 Å². The van der Waals surface area contributed by atoms with Crippen molar-refractivity contribution in [2.75, 3.05) is 13.2 Å². The van der Waals surface area contributed by atoms with Crippen LogP contribution in [0.15, 0.2) is 24.3 Å². The van der Waals surface area contributed by atoms with Crippen LogP contribution in [-0.2, 0) is 16.3 Å². The number of halogens is 3. The molecule has 1 aliphatic carbocycles. The Hall–Kier alpha value is -1.07. The average molecular weight is 257 g/mol. The van der Waals surface area contributed by atoms with E-state index in [1.807, 2.05) is 0 Å². The van der Waals surface area contributed by atoms with Crippen LogP contribution in [0.5, 0.6) is 0 Å². The van der Waals surface area contributed by atoms with E-state index < -0.39 is 11.7 Å². The number of fused-ring (bicyclic) bond motifs is 2. The number of nitrogens with two attached hydrogens (primary N) is 1. The smallest absolute Gasteiger partial charge is 0.379 e. The number of benzene rings is 1. The van der Waals surface area contributed by atoms with Crippen molar-refractivity contribution in [1.29, 1.82) is 0 Å². The first-order chi connectivity index (χ1) is 8.33. The lowest BCUT2D eigenvalue weighted by Crippen LogP contribution is -2.68. The van der Waals surface area contributed by atoms with Crippen LogP contribution in [0.1, 0.15) is 24.0 Å². The molecule has 5 heteroatoms. The highest BCUT2D eigenvalue weighted by atomic mass is 19.4. The molecule has 0 aromatic heterocycles. The van der Waals surface area contributed by atoms with E-state index in [-0.39, 0.29) is 11.0 Å². The van der Waals surface area contributed by atoms with Gasteiger partial charge in [0.1, 0.15) is 0 Å². The third-order valence-electron chi connectivity index (χ3n) is 3.97. The topological polar surface area (TPSA) is 35.2 Å². The van der Waals surface area contributed by atoms with Crippen molar-refractivity contribution in [1.82, 2.24) is 0 Å². The summed E-state index contributed by atoms with van der Waals surface area (Å²) in [5, 5.41) is 0. The van der Waals surface area contributed by atoms with Gasteiger partial charge in [0, 0.05) is 11.0 Å². The van der Waals surface area contributed by atoms with Crippen LogP contribution in [-0.4, -0.2) is 18.8 Å². The lowest BCUT2D eigenvalue weighted by Gasteiger charge is -2.58. The molecule has 2 N–H and O–H groups in total. The van der Waals surface area contributed by atoms with E-state index in [9.17, 15) is 13.2 Å². The van der Waals surface area contributed by atoms with Crippen LogP contribution in [0.2, 0.25) is 0 Å². The molecule has 2 heterocycles. The minimum Gasteiger partial charge on any atom is -0.379 e. The van der Waals surface area contributed by atoms with E-state index in [0.717, 1.165) is 30.5 Å². The summed E-state index contributed by atoms with van der Waals surface area (Å²) >= 11 is 0. The Morgan fingerprint density at radius 2 is 1.67 bits per heavy atom. The first-order valence-corrected chi connectivity index (χ1v) is 5.88. The highest BCUT2D eigenvalue weighted by Crippen LogP contribution is 2.52. The van der Waals surface area contributed by atoms with Gasteiger partial charge in [-0.25, -0.2) is 0 Å². The molecule has 0 atom stereocenters. The molecular weight excluding hydrogens is 243 g/mol. The lowest BCUT2D eigenvalue weighted by atomic mass is 9.54. The Morgan fingerprint density at radius 3 is 2.17 bits per heavy atom. The van der Waals surface area contributed by atoms with Crippen molar-refractivity contribution < 1.29 is 17.9 Å². The van der Waals surface area contributed by atoms with Crippen molar-refractivity contribution in [3.8, 4) is 0 Å². The van der Waals surface area contributed by atoms with Gasteiger partial charge in [0.05, 0.1) is 18.8 Å². The van der Waals surface area contributed by atoms with Crippen molar-refractivity contribution in [3.63, 3.8) is 0 Å². The van der Waals surface area contributed by atoms with Gasteiger partial charge in [-0.05, 0) is 30.5 Å². The maximum atomic E-state index is 12.5. The fraction of sp³-hybridized carbons (Fsp3) is 0.538. The summed E-state index contributed by atoms with van der Waals surface area (Å²) in [4.78, 5) is 0. The fourth-order valence-corrected chi connectivity index (χ4v) is 3.25. The minimum absolute atomic E-state index is 0.170. The van der Waals surface area contributed by atoms with Crippen LogP contribution in [0.3, 0.4) is 0 Å². The zero-order valence-corrected chi connectivity index (χ0v) is 9.76. The minimum atomic E-state index is -4.28. The third-order valence-corrected chi connectivity index (χ3v) is 3.97. The van der Waals surface area contributed by atoms with E-state index in [1.54, 1.807) is 12.1 Å². The monoisotopic (exact) mass is 257 g/mol. The van der Waals surface area contributed by atoms with Crippen LogP contribution in [0, 0.1) is 0 Å². The van der Waals surface area contributed by atoms with Crippen LogP contribution in [0.4, 0.5) is 13.2 Å². The van der Waals surface area contributed by atoms with Crippen molar-refractivity contribution >= 4 is 0 Å². The molecule has 0 spiro atoms. The summed E-state index contributed by atoms with van der Waals surface area (Å²) in [6.07, 6.45) is -2.69. The van der Waals surface area contributed by atoms with Crippen LogP contribution in [0.25, 0.3) is 0 Å². The molecule has 18 heavy (non-hydrogen) atoms. The molecule has 1 aromatic rings. The summed E-state index contributed by atoms with van der Waals surface area (Å²) in [6.45, 7) is 1.10. The quantitative estimate of drug-likeness (QED) is 0.838. The number of ether oxygens (including phenoxy) is 1. The van der Waals surface area contributed by atoms with Gasteiger partial charge in [0.2, 0.25) is 0 Å². The highest BCUT2D eigenvalue weighted by Gasteiger charge is 2.57. The molecule has 0 radical (unpaired) electrons. The summed E-state index contributed by atoms with van der Waals surface area (Å²) in [7, 11) is 0. The lowest BCUT2D eigenvalue weighted by molar-refractivity contribution is -0.137. The molecule has 2 aliphatic heterocycles. The van der Waals surface area contributed by atoms with E-state index >= 15 is 0 Å². The molecule has 3 fully saturated rings. The number of alkyl halides is 3. The molecule has 2 bridgehead atoms. The van der Waals surface area contributed by atoms with Crippen molar-refractivity contribution in [2.24, 2.45) is 5.73 Å². The summed E-state index contributed by atoms with van der Waals surface area (Å²) in [5.41, 5.74) is 5.90. The summed E-state index contributed by atoms with van der Waals surface area (Å²) < 4.78 is 42.9. The molecule has 0 unspecified atom stereocenters. The third kappa shape index (κ3) is 1.73. The Labute approximate surface area is 103 Å². The van der Waals surface area contributed by atoms with Crippen LogP contribution >= 0.6 is 0 Å². The molecule has 98 valence electrons. The molecular formula is C13H14F3NO. The van der Waals surface area contributed by atoms with E-state index in [0.29, 0.717) is 13.2 Å². The number of rotatable bonds is 1. The standard InChI is InChI=1S/C13H14F3NO/c14-13(15,16)10-3-1-9(2-4-10)11-5-12(17,6-11)8-18-7-11/h1-4H,5-8,17H2. The van der Waals surface area contributed by atoms with E-state index in [2.05, 4.69) is 0 Å². The van der Waals surface area contributed by atoms with Crippen LogP contribution < -0.4 is 5.73 Å². The Bertz CT molecular complexity index is 460. The zero-order valence-electron chi connectivity index (χ0n) is 9.76. The van der Waals surface area contributed by atoms with Gasteiger partial charge in [-0.15, -0.1) is 0 Å². The SMILES string of the molecule is NC12COCC(c3ccc(C(F)(F)F)cc3)(C1)C2. The molecule has 1 aromatic carbocycles. The maximum absolute atomic E-state index is 12.5. The number of hydrogen-bond donors (Lipinski definition) is 1. The average Bonchev–Trinajstić information content (AvgIpc) is 2.27. The molecule has 4 rings (SSSR count). The van der Waals surface area contributed by atoms with Crippen molar-refractivity contribution in [2.45, 2.75) is 30.0 Å². The second kappa shape index (κ2) is 3.48. The second-order valence-corrected chi connectivity index (χ2v) is 5.56. The summed E-state index contributed by atoms with van der Waals surface area (Å²) in [6, 6.07) is 5.37. The zero-order chi connectivity index (χ0) is 13.0. The predicted molar refractivity (Wildman–Crippen MR) is 60.1 cm³/mol. The van der Waals surface area contributed by atoms with Gasteiger partial charge >= 0.3 is 6.18 Å². The van der Waals surface area contributed by atoms with Gasteiger partial charge in [-0.2, -0.15) is 13.2 Å². The Balaban J connectivity index is 1.86. The van der Waals surface area contributed by atoms with Gasteiger partial charge < -0.3 is 10.5 Å². The molecule has 0 amide bonds. The molecule has 3 aliphatic rings. The second-order valence-electron chi connectivity index (χ2n) is 5.56. The summed E-state index contributed by atoms with van der Waals surface area (Å²) in [5.74, 6) is 0. The fourth-order valence-electron chi connectivity index (χ4n) is 3.25. The normalized spacial score (nSPS) is 35.1. The Morgan fingerprint density at radius 1 is 1.06 bits per heavy atom. The highest BCUT2D eigenvalue weighted by molar-refractivity contribution is 5.36. The largest absolute Gasteiger partial charge is 0.416 e. The van der Waals surface area contributed by atoms with Gasteiger partial charge in [0.15, 0.2) is 0 Å². The maximum Gasteiger partial charge on any atom is 0.416 e. The van der Waals surface area contributed by atoms with Gasteiger partial charge in [-0.1, -0.05) is 12.1 Å². The Kier molecular flexibility index (Phi) is 2.32. The first kappa shape index (κ1) is 12.0. The van der Waals surface area contributed by atoms with Gasteiger partial charge in [0.25, 0.3) is 0 Å². The first-order valence-electron chi connectivity index (χ1n) is 5.88. The number of hydrogen-bond acceptors (Lipinski definition) is 2. The predicted octanol–water partition coefficient (Wildman–Crippen LogP) is 2.46. The van der Waals surface area contributed by atoms with E-state index in [4.69, 9.17) is 10.5 Å². The molecule has 1 saturated carbocycles.